The highest BCUT2D eigenvalue weighted by Gasteiger charge is 2.22. The molecule has 0 atom stereocenters. The third-order valence-electron chi connectivity index (χ3n) is 3.89. The van der Waals surface area contributed by atoms with Crippen LogP contribution in [0.2, 0.25) is 0 Å². The maximum atomic E-state index is 12.0. The lowest BCUT2D eigenvalue weighted by Crippen LogP contribution is -2.42. The van der Waals surface area contributed by atoms with Gasteiger partial charge in [-0.3, -0.25) is 9.59 Å². The molecule has 0 aromatic heterocycles. The van der Waals surface area contributed by atoms with E-state index in [4.69, 9.17) is 0 Å². The quantitative estimate of drug-likeness (QED) is 0.827. The topological polar surface area (TPSA) is 40.6 Å². The van der Waals surface area contributed by atoms with Crippen LogP contribution in [-0.4, -0.2) is 41.2 Å². The molecule has 0 saturated carbocycles. The molecular weight excluding hydrogens is 240 g/mol. The number of carbonyl (C=O) groups excluding carboxylic acids is 2. The number of amides is 2. The third-order valence-corrected chi connectivity index (χ3v) is 3.89. The van der Waals surface area contributed by atoms with Crippen LogP contribution >= 0.6 is 0 Å². The van der Waals surface area contributed by atoms with E-state index in [0.717, 1.165) is 43.6 Å². The first kappa shape index (κ1) is 12.2. The van der Waals surface area contributed by atoms with E-state index >= 15 is 0 Å². The predicted octanol–water partition coefficient (Wildman–Crippen LogP) is 1.65. The first-order chi connectivity index (χ1) is 9.24. The van der Waals surface area contributed by atoms with Crippen LogP contribution in [0.4, 0.5) is 0 Å². The predicted molar refractivity (Wildman–Crippen MR) is 71.6 cm³/mol. The van der Waals surface area contributed by atoms with Crippen molar-refractivity contribution in [3.63, 3.8) is 0 Å². The maximum Gasteiger partial charge on any atom is 0.253 e. The molecule has 2 aliphatic rings. The molecule has 0 radical (unpaired) electrons. The number of carbonyl (C=O) groups is 2. The lowest BCUT2D eigenvalue weighted by Gasteiger charge is -2.30. The lowest BCUT2D eigenvalue weighted by molar-refractivity contribution is -0.128. The minimum absolute atomic E-state index is 0.120. The molecule has 0 aliphatic carbocycles. The van der Waals surface area contributed by atoms with E-state index in [1.807, 2.05) is 34.1 Å². The molecule has 0 N–H and O–H groups in total. The summed E-state index contributed by atoms with van der Waals surface area (Å²) in [7, 11) is 0. The normalized spacial score (nSPS) is 18.6. The second kappa shape index (κ2) is 5.03. The molecule has 2 aliphatic heterocycles. The Balaban J connectivity index is 1.65. The molecule has 4 nitrogen and oxygen atoms in total. The van der Waals surface area contributed by atoms with Gasteiger partial charge in [0.25, 0.3) is 5.91 Å². The fraction of sp³-hybridized carbons (Fsp3) is 0.467. The average Bonchev–Trinajstić information content (AvgIpc) is 2.74. The molecule has 19 heavy (non-hydrogen) atoms. The summed E-state index contributed by atoms with van der Waals surface area (Å²) >= 11 is 0. The first-order valence-corrected chi connectivity index (χ1v) is 6.90. The van der Waals surface area contributed by atoms with Crippen molar-refractivity contribution >= 4 is 11.8 Å². The highest BCUT2D eigenvalue weighted by atomic mass is 16.2. The van der Waals surface area contributed by atoms with Crippen LogP contribution in [0.25, 0.3) is 0 Å². The third kappa shape index (κ3) is 2.48. The number of hydrogen-bond acceptors (Lipinski definition) is 2. The summed E-state index contributed by atoms with van der Waals surface area (Å²) in [5, 5.41) is 0. The molecule has 100 valence electrons. The van der Waals surface area contributed by atoms with Crippen molar-refractivity contribution in [3.05, 3.63) is 35.4 Å². The van der Waals surface area contributed by atoms with E-state index in [9.17, 15) is 9.59 Å². The van der Waals surface area contributed by atoms with Crippen LogP contribution in [0, 0.1) is 0 Å². The van der Waals surface area contributed by atoms with Crippen molar-refractivity contribution in [2.24, 2.45) is 0 Å². The minimum Gasteiger partial charge on any atom is -0.339 e. The van der Waals surface area contributed by atoms with E-state index in [1.54, 1.807) is 0 Å². The van der Waals surface area contributed by atoms with Crippen molar-refractivity contribution in [3.8, 4) is 0 Å². The zero-order valence-electron chi connectivity index (χ0n) is 11.0. The Bertz CT molecular complexity index is 491. The van der Waals surface area contributed by atoms with Gasteiger partial charge in [0.2, 0.25) is 5.91 Å². The Labute approximate surface area is 113 Å². The van der Waals surface area contributed by atoms with Gasteiger partial charge in [0.1, 0.15) is 0 Å². The van der Waals surface area contributed by atoms with Gasteiger partial charge in [-0.25, -0.2) is 0 Å². The van der Waals surface area contributed by atoms with E-state index in [-0.39, 0.29) is 11.8 Å². The van der Waals surface area contributed by atoms with Gasteiger partial charge in [-0.05, 0) is 30.5 Å². The molecule has 2 heterocycles. The van der Waals surface area contributed by atoms with E-state index < -0.39 is 0 Å². The number of likely N-dealkylation sites (tertiary alicyclic amines) is 2. The van der Waals surface area contributed by atoms with E-state index in [2.05, 4.69) is 0 Å². The van der Waals surface area contributed by atoms with Crippen molar-refractivity contribution in [1.82, 2.24) is 9.80 Å². The number of nitrogens with zero attached hydrogens (tertiary/aromatic N) is 2. The van der Waals surface area contributed by atoms with Gasteiger partial charge in [-0.2, -0.15) is 0 Å². The summed E-state index contributed by atoms with van der Waals surface area (Å²) < 4.78 is 0. The molecule has 3 rings (SSSR count). The van der Waals surface area contributed by atoms with Crippen LogP contribution < -0.4 is 0 Å². The number of benzene rings is 1. The summed E-state index contributed by atoms with van der Waals surface area (Å²) in [6, 6.07) is 7.66. The van der Waals surface area contributed by atoms with Gasteiger partial charge in [0, 0.05) is 38.2 Å². The molecular formula is C15H18N2O2. The van der Waals surface area contributed by atoms with Crippen LogP contribution in [0.1, 0.15) is 35.2 Å². The Hall–Kier alpha value is -1.84. The highest BCUT2D eigenvalue weighted by Crippen LogP contribution is 2.16. The molecule has 1 aromatic carbocycles. The summed E-state index contributed by atoms with van der Waals surface area (Å²) in [6.07, 6.45) is 2.75. The molecule has 0 bridgehead atoms. The van der Waals surface area contributed by atoms with Crippen molar-refractivity contribution in [2.75, 3.05) is 19.6 Å². The fourth-order valence-corrected chi connectivity index (χ4v) is 2.55. The molecule has 2 saturated heterocycles. The van der Waals surface area contributed by atoms with Crippen LogP contribution in [0.3, 0.4) is 0 Å². The maximum absolute atomic E-state index is 12.0. The minimum atomic E-state index is 0.120. The fourth-order valence-electron chi connectivity index (χ4n) is 2.55. The Kier molecular flexibility index (Phi) is 3.23. The lowest BCUT2D eigenvalue weighted by atomic mass is 10.1. The SMILES string of the molecule is O=C1CCCN1Cc1ccc(C(=O)N2CCC2)cc1. The Morgan fingerprint density at radius 2 is 1.79 bits per heavy atom. The molecule has 4 heteroatoms. The van der Waals surface area contributed by atoms with E-state index in [1.165, 1.54) is 0 Å². The Morgan fingerprint density at radius 3 is 2.32 bits per heavy atom. The van der Waals surface area contributed by atoms with Crippen LogP contribution in [-0.2, 0) is 11.3 Å². The zero-order chi connectivity index (χ0) is 13.2. The van der Waals surface area contributed by atoms with Crippen molar-refractivity contribution in [1.29, 1.82) is 0 Å². The first-order valence-electron chi connectivity index (χ1n) is 6.90. The molecule has 2 amide bonds. The summed E-state index contributed by atoms with van der Waals surface area (Å²) in [6.45, 7) is 3.27. The summed E-state index contributed by atoms with van der Waals surface area (Å²) in [5.74, 6) is 0.357. The largest absolute Gasteiger partial charge is 0.339 e. The van der Waals surface area contributed by atoms with Gasteiger partial charge in [0.05, 0.1) is 0 Å². The number of rotatable bonds is 3. The van der Waals surface area contributed by atoms with Gasteiger partial charge < -0.3 is 9.80 Å². The highest BCUT2D eigenvalue weighted by molar-refractivity contribution is 5.94. The second-order valence-corrected chi connectivity index (χ2v) is 5.26. The van der Waals surface area contributed by atoms with Gasteiger partial charge in [0.15, 0.2) is 0 Å². The number of hydrogen-bond donors (Lipinski definition) is 0. The van der Waals surface area contributed by atoms with Crippen LogP contribution in [0.15, 0.2) is 24.3 Å². The molecule has 0 unspecified atom stereocenters. The van der Waals surface area contributed by atoms with Crippen LogP contribution in [0.5, 0.6) is 0 Å². The second-order valence-electron chi connectivity index (χ2n) is 5.26. The Morgan fingerprint density at radius 1 is 1.05 bits per heavy atom. The zero-order valence-corrected chi connectivity index (χ0v) is 11.0. The summed E-state index contributed by atoms with van der Waals surface area (Å²) in [4.78, 5) is 27.3. The van der Waals surface area contributed by atoms with Gasteiger partial charge >= 0.3 is 0 Å². The molecule has 2 fully saturated rings. The van der Waals surface area contributed by atoms with Gasteiger partial charge in [-0.1, -0.05) is 12.1 Å². The smallest absolute Gasteiger partial charge is 0.253 e. The molecule has 1 aromatic rings. The monoisotopic (exact) mass is 258 g/mol. The van der Waals surface area contributed by atoms with E-state index in [0.29, 0.717) is 13.0 Å². The molecule has 0 spiro atoms. The average molecular weight is 258 g/mol. The standard InChI is InChI=1S/C15H18N2O2/c18-14-3-1-8-17(14)11-12-4-6-13(7-5-12)15(19)16-9-2-10-16/h4-7H,1-3,8-11H2. The van der Waals surface area contributed by atoms with Crippen molar-refractivity contribution in [2.45, 2.75) is 25.8 Å². The van der Waals surface area contributed by atoms with Crippen molar-refractivity contribution < 1.29 is 9.59 Å². The van der Waals surface area contributed by atoms with Gasteiger partial charge in [-0.15, -0.1) is 0 Å². The summed E-state index contributed by atoms with van der Waals surface area (Å²) in [5.41, 5.74) is 1.84.